The molecule has 2 rings (SSSR count). The highest BCUT2D eigenvalue weighted by atomic mass is 35.5. The SMILES string of the molecule is CON(C)S(=O)(=O)c1cc(C(=O)OC(C)C(=O)NC(C)c2ccc(F)cc2)ccc1Cl. The van der Waals surface area contributed by atoms with Crippen molar-refractivity contribution < 1.29 is 32.0 Å². The summed E-state index contributed by atoms with van der Waals surface area (Å²) < 4.78 is 43.7. The summed E-state index contributed by atoms with van der Waals surface area (Å²) in [6.07, 6.45) is -1.17. The minimum atomic E-state index is -4.10. The molecule has 2 unspecified atom stereocenters. The first kappa shape index (κ1) is 24.7. The number of hydrogen-bond donors (Lipinski definition) is 1. The van der Waals surface area contributed by atoms with Gasteiger partial charge in [0.1, 0.15) is 10.7 Å². The van der Waals surface area contributed by atoms with Crippen molar-refractivity contribution in [1.82, 2.24) is 9.79 Å². The van der Waals surface area contributed by atoms with Gasteiger partial charge in [0, 0.05) is 7.05 Å². The van der Waals surface area contributed by atoms with Crippen LogP contribution in [0, 0.1) is 5.82 Å². The molecule has 2 aromatic carbocycles. The molecule has 0 aliphatic rings. The summed E-state index contributed by atoms with van der Waals surface area (Å²) in [6.45, 7) is 3.07. The van der Waals surface area contributed by atoms with E-state index in [4.69, 9.17) is 21.2 Å². The van der Waals surface area contributed by atoms with Crippen molar-refractivity contribution in [1.29, 1.82) is 0 Å². The van der Waals surface area contributed by atoms with Crippen LogP contribution in [0.25, 0.3) is 0 Å². The first-order valence-corrected chi connectivity index (χ1v) is 10.9. The van der Waals surface area contributed by atoms with E-state index in [9.17, 15) is 22.4 Å². The van der Waals surface area contributed by atoms with Gasteiger partial charge in [-0.05, 0) is 49.7 Å². The van der Waals surface area contributed by atoms with Gasteiger partial charge >= 0.3 is 5.97 Å². The molecule has 168 valence electrons. The molecule has 0 saturated heterocycles. The molecule has 0 bridgehead atoms. The van der Waals surface area contributed by atoms with E-state index >= 15 is 0 Å². The molecule has 11 heteroatoms. The Morgan fingerprint density at radius 2 is 1.74 bits per heavy atom. The van der Waals surface area contributed by atoms with Crippen LogP contribution >= 0.6 is 11.6 Å². The van der Waals surface area contributed by atoms with Gasteiger partial charge in [-0.25, -0.2) is 17.6 Å². The van der Waals surface area contributed by atoms with Crippen LogP contribution in [0.2, 0.25) is 5.02 Å². The first-order chi connectivity index (χ1) is 14.5. The second-order valence-corrected chi connectivity index (χ2v) is 8.88. The molecule has 1 amide bonds. The predicted octanol–water partition coefficient (Wildman–Crippen LogP) is 3.08. The van der Waals surface area contributed by atoms with Crippen LogP contribution < -0.4 is 5.32 Å². The largest absolute Gasteiger partial charge is 0.449 e. The number of ether oxygens (including phenoxy) is 1. The molecule has 1 N–H and O–H groups in total. The summed E-state index contributed by atoms with van der Waals surface area (Å²) in [4.78, 5) is 29.2. The third-order valence-electron chi connectivity index (χ3n) is 4.42. The molecule has 0 aliphatic carbocycles. The number of hydroxylamine groups is 1. The molecule has 0 aromatic heterocycles. The molecular weight excluding hydrogens is 451 g/mol. The fraction of sp³-hybridized carbons (Fsp3) is 0.300. The molecule has 8 nitrogen and oxygen atoms in total. The van der Waals surface area contributed by atoms with Crippen LogP contribution in [-0.2, 0) is 24.4 Å². The van der Waals surface area contributed by atoms with Gasteiger partial charge in [0.25, 0.3) is 15.9 Å². The van der Waals surface area contributed by atoms with Gasteiger partial charge < -0.3 is 10.1 Å². The lowest BCUT2D eigenvalue weighted by atomic mass is 10.1. The normalized spacial score (nSPS) is 13.5. The van der Waals surface area contributed by atoms with Crippen LogP contribution in [0.4, 0.5) is 4.39 Å². The molecular formula is C20H22ClFN2O6S. The molecule has 0 spiro atoms. The number of nitrogens with zero attached hydrogens (tertiary/aromatic N) is 1. The number of nitrogens with one attached hydrogen (secondary N) is 1. The van der Waals surface area contributed by atoms with Gasteiger partial charge in [-0.15, -0.1) is 0 Å². The zero-order valence-corrected chi connectivity index (χ0v) is 18.8. The number of hydrogen-bond acceptors (Lipinski definition) is 6. The van der Waals surface area contributed by atoms with E-state index in [0.29, 0.717) is 10.0 Å². The number of benzene rings is 2. The summed E-state index contributed by atoms with van der Waals surface area (Å²) in [5.41, 5.74) is 0.557. The van der Waals surface area contributed by atoms with Crippen molar-refractivity contribution in [3.8, 4) is 0 Å². The van der Waals surface area contributed by atoms with Gasteiger partial charge in [-0.1, -0.05) is 28.2 Å². The lowest BCUT2D eigenvalue weighted by Crippen LogP contribution is -2.37. The fourth-order valence-electron chi connectivity index (χ4n) is 2.51. The minimum absolute atomic E-state index is 0.112. The summed E-state index contributed by atoms with van der Waals surface area (Å²) in [7, 11) is -1.77. The topological polar surface area (TPSA) is 102 Å². The third-order valence-corrected chi connectivity index (χ3v) is 6.58. The van der Waals surface area contributed by atoms with Gasteiger partial charge in [-0.2, -0.15) is 0 Å². The van der Waals surface area contributed by atoms with Crippen molar-refractivity contribution in [2.45, 2.75) is 30.9 Å². The highest BCUT2D eigenvalue weighted by molar-refractivity contribution is 7.89. The Labute approximate surface area is 184 Å². The number of carbonyl (C=O) groups is 2. The van der Waals surface area contributed by atoms with E-state index in [1.165, 1.54) is 50.4 Å². The van der Waals surface area contributed by atoms with E-state index in [-0.39, 0.29) is 15.5 Å². The summed E-state index contributed by atoms with van der Waals surface area (Å²) in [5, 5.41) is 2.55. The average molecular weight is 473 g/mol. The Hall–Kier alpha value is -2.53. The third kappa shape index (κ3) is 6.01. The molecule has 0 radical (unpaired) electrons. The lowest BCUT2D eigenvalue weighted by molar-refractivity contribution is -0.129. The predicted molar refractivity (Wildman–Crippen MR) is 111 cm³/mol. The standard InChI is InChI=1S/C20H22ClFN2O6S/c1-12(14-5-8-16(22)9-6-14)23-19(25)13(2)30-20(26)15-7-10-17(21)18(11-15)31(27,28)24(3)29-4/h5-13H,1-4H3,(H,23,25). The van der Waals surface area contributed by atoms with Crippen LogP contribution in [0.3, 0.4) is 0 Å². The molecule has 2 atom stereocenters. The number of amides is 1. The number of esters is 1. The van der Waals surface area contributed by atoms with Crippen LogP contribution in [0.5, 0.6) is 0 Å². The maximum absolute atomic E-state index is 13.0. The molecule has 0 heterocycles. The number of halogens is 2. The Morgan fingerprint density at radius 3 is 2.32 bits per heavy atom. The lowest BCUT2D eigenvalue weighted by Gasteiger charge is -2.19. The van der Waals surface area contributed by atoms with Crippen LogP contribution in [0.1, 0.15) is 35.8 Å². The van der Waals surface area contributed by atoms with E-state index in [0.717, 1.165) is 13.2 Å². The summed E-state index contributed by atoms with van der Waals surface area (Å²) in [5.74, 6) is -1.89. The second-order valence-electron chi connectivity index (χ2n) is 6.57. The molecule has 0 aliphatic heterocycles. The fourth-order valence-corrected chi connectivity index (χ4v) is 3.99. The van der Waals surface area contributed by atoms with Crippen molar-refractivity contribution in [3.63, 3.8) is 0 Å². The summed E-state index contributed by atoms with van der Waals surface area (Å²) >= 11 is 5.97. The highest BCUT2D eigenvalue weighted by Crippen LogP contribution is 2.26. The van der Waals surface area contributed by atoms with E-state index in [1.54, 1.807) is 6.92 Å². The summed E-state index contributed by atoms with van der Waals surface area (Å²) in [6, 6.07) is 8.71. The first-order valence-electron chi connectivity index (χ1n) is 9.06. The van der Waals surface area contributed by atoms with E-state index in [1.807, 2.05) is 0 Å². The van der Waals surface area contributed by atoms with Crippen molar-refractivity contribution >= 4 is 33.5 Å². The zero-order chi connectivity index (χ0) is 23.3. The minimum Gasteiger partial charge on any atom is -0.449 e. The number of rotatable bonds is 8. The average Bonchev–Trinajstić information content (AvgIpc) is 2.73. The Bertz CT molecular complexity index is 1060. The molecule has 2 aromatic rings. The number of sulfonamides is 1. The molecule has 0 saturated carbocycles. The smallest absolute Gasteiger partial charge is 0.338 e. The van der Waals surface area contributed by atoms with Crippen molar-refractivity contribution in [2.75, 3.05) is 14.2 Å². The maximum Gasteiger partial charge on any atom is 0.338 e. The van der Waals surface area contributed by atoms with Gasteiger partial charge in [-0.3, -0.25) is 9.63 Å². The zero-order valence-electron chi connectivity index (χ0n) is 17.3. The number of carbonyl (C=O) groups excluding carboxylic acids is 2. The maximum atomic E-state index is 13.0. The van der Waals surface area contributed by atoms with Crippen molar-refractivity contribution in [3.05, 3.63) is 64.4 Å². The molecule has 0 fully saturated rings. The Balaban J connectivity index is 2.11. The Morgan fingerprint density at radius 1 is 1.13 bits per heavy atom. The van der Waals surface area contributed by atoms with E-state index in [2.05, 4.69) is 5.32 Å². The van der Waals surface area contributed by atoms with E-state index < -0.39 is 39.9 Å². The Kier molecular flexibility index (Phi) is 8.13. The second kappa shape index (κ2) is 10.2. The highest BCUT2D eigenvalue weighted by Gasteiger charge is 2.27. The van der Waals surface area contributed by atoms with Gasteiger partial charge in [0.15, 0.2) is 6.10 Å². The van der Waals surface area contributed by atoms with Gasteiger partial charge in [0.2, 0.25) is 0 Å². The quantitative estimate of drug-likeness (QED) is 0.468. The monoisotopic (exact) mass is 472 g/mol. The molecule has 31 heavy (non-hydrogen) atoms. The van der Waals surface area contributed by atoms with Crippen LogP contribution in [0.15, 0.2) is 47.4 Å². The van der Waals surface area contributed by atoms with Crippen molar-refractivity contribution in [2.24, 2.45) is 0 Å². The van der Waals surface area contributed by atoms with Crippen LogP contribution in [-0.4, -0.2) is 45.0 Å². The van der Waals surface area contributed by atoms with Gasteiger partial charge in [0.05, 0.1) is 23.7 Å².